The number of aromatic nitrogens is 1. The predicted molar refractivity (Wildman–Crippen MR) is 112 cm³/mol. The second kappa shape index (κ2) is 7.75. The molecule has 1 atom stereocenters. The third-order valence-corrected chi connectivity index (χ3v) is 7.23. The molecule has 28 heavy (non-hydrogen) atoms. The van der Waals surface area contributed by atoms with Crippen molar-refractivity contribution in [3.05, 3.63) is 77.6 Å². The van der Waals surface area contributed by atoms with Crippen molar-refractivity contribution in [2.45, 2.75) is 21.5 Å². The molecular weight excluding hydrogens is 416 g/mol. The molecule has 1 aliphatic rings. The molecular formula is C20H17ClN2O3S2. The van der Waals surface area contributed by atoms with Gasteiger partial charge in [0.25, 0.3) is 10.1 Å². The van der Waals surface area contributed by atoms with Crippen LogP contribution in [-0.4, -0.2) is 24.5 Å². The van der Waals surface area contributed by atoms with Crippen molar-refractivity contribution in [3.8, 4) is 0 Å². The summed E-state index contributed by atoms with van der Waals surface area (Å²) in [6, 6.07) is 19.2. The molecule has 2 aromatic carbocycles. The molecule has 0 saturated carbocycles. The minimum Gasteiger partial charge on any atom is -0.340 e. The zero-order valence-corrected chi connectivity index (χ0v) is 17.1. The number of rotatable bonds is 5. The van der Waals surface area contributed by atoms with E-state index >= 15 is 0 Å². The van der Waals surface area contributed by atoms with Gasteiger partial charge in [-0.2, -0.15) is 8.42 Å². The van der Waals surface area contributed by atoms with Gasteiger partial charge in [0.15, 0.2) is 0 Å². The Kier molecular flexibility index (Phi) is 5.33. The maximum absolute atomic E-state index is 12.1. The van der Waals surface area contributed by atoms with Crippen molar-refractivity contribution in [3.63, 3.8) is 0 Å². The van der Waals surface area contributed by atoms with Gasteiger partial charge >= 0.3 is 0 Å². The van der Waals surface area contributed by atoms with E-state index in [0.29, 0.717) is 6.54 Å². The summed E-state index contributed by atoms with van der Waals surface area (Å²) in [7, 11) is -4.37. The molecule has 144 valence electrons. The van der Waals surface area contributed by atoms with E-state index in [9.17, 15) is 13.0 Å². The van der Waals surface area contributed by atoms with Crippen LogP contribution in [0.4, 0.5) is 11.4 Å². The van der Waals surface area contributed by atoms with Crippen LogP contribution in [0.15, 0.2) is 76.7 Å². The number of hydrogen-bond donors (Lipinski definition) is 1. The van der Waals surface area contributed by atoms with Gasteiger partial charge in [-0.3, -0.25) is 9.54 Å². The van der Waals surface area contributed by atoms with Crippen LogP contribution in [0.1, 0.15) is 17.4 Å². The Balaban J connectivity index is 1.70. The first-order chi connectivity index (χ1) is 13.4. The monoisotopic (exact) mass is 432 g/mol. The molecule has 3 aromatic rings. The highest BCUT2D eigenvalue weighted by Gasteiger charge is 2.31. The van der Waals surface area contributed by atoms with Crippen LogP contribution in [0.3, 0.4) is 0 Å². The normalized spacial score (nSPS) is 14.3. The lowest BCUT2D eigenvalue weighted by Crippen LogP contribution is -2.26. The van der Waals surface area contributed by atoms with Gasteiger partial charge in [0.1, 0.15) is 5.25 Å². The summed E-state index contributed by atoms with van der Waals surface area (Å²) >= 11 is 7.84. The standard InChI is InChI=1S/C20H17ClN2O3S2/c21-14-6-5-12-22-20(14)19(28(24,25)26)11-13-23-15-7-1-3-9-17(15)27-18-10-4-2-8-16(18)23/h1-10,12,19H,11,13H2,(H,24,25,26). The zero-order chi connectivity index (χ0) is 19.7. The van der Waals surface area contributed by atoms with Gasteiger partial charge in [0, 0.05) is 22.5 Å². The average Bonchev–Trinajstić information content (AvgIpc) is 2.67. The molecule has 0 bridgehead atoms. The van der Waals surface area contributed by atoms with E-state index in [1.165, 1.54) is 6.20 Å². The molecule has 1 aromatic heterocycles. The third kappa shape index (κ3) is 3.75. The van der Waals surface area contributed by atoms with E-state index in [1.54, 1.807) is 23.9 Å². The predicted octanol–water partition coefficient (Wildman–Crippen LogP) is 5.36. The highest BCUT2D eigenvalue weighted by molar-refractivity contribution is 7.99. The second-order valence-electron chi connectivity index (χ2n) is 6.35. The van der Waals surface area contributed by atoms with Gasteiger partial charge in [-0.15, -0.1) is 0 Å². The molecule has 0 fully saturated rings. The Hall–Kier alpha value is -2.06. The number of pyridine rings is 1. The number of anilines is 2. The van der Waals surface area contributed by atoms with Crippen LogP contribution in [0, 0.1) is 0 Å². The van der Waals surface area contributed by atoms with Crippen LogP contribution >= 0.6 is 23.4 Å². The van der Waals surface area contributed by atoms with Crippen molar-refractivity contribution < 1.29 is 13.0 Å². The van der Waals surface area contributed by atoms with E-state index in [1.807, 2.05) is 48.5 Å². The SMILES string of the molecule is O=S(=O)(O)C(CCN1c2ccccc2Sc2ccccc21)c1ncccc1Cl. The maximum atomic E-state index is 12.1. The molecule has 8 heteroatoms. The Bertz CT molecular complexity index is 1080. The fourth-order valence-corrected chi connectivity index (χ4v) is 5.62. The zero-order valence-electron chi connectivity index (χ0n) is 14.7. The number of benzene rings is 2. The molecule has 4 rings (SSSR count). The van der Waals surface area contributed by atoms with Crippen LogP contribution in [0.25, 0.3) is 0 Å². The summed E-state index contributed by atoms with van der Waals surface area (Å²) in [6.45, 7) is 0.381. The van der Waals surface area contributed by atoms with Gasteiger partial charge in [0.05, 0.1) is 22.1 Å². The summed E-state index contributed by atoms with van der Waals surface area (Å²) in [5.41, 5.74) is 2.18. The van der Waals surface area contributed by atoms with Gasteiger partial charge in [-0.1, -0.05) is 47.6 Å². The Morgan fingerprint density at radius 3 is 2.18 bits per heavy atom. The van der Waals surface area contributed by atoms with Crippen LogP contribution in [-0.2, 0) is 10.1 Å². The third-order valence-electron chi connectivity index (χ3n) is 4.60. The smallest absolute Gasteiger partial charge is 0.273 e. The molecule has 0 radical (unpaired) electrons. The molecule has 0 aliphatic carbocycles. The number of hydrogen-bond acceptors (Lipinski definition) is 5. The van der Waals surface area contributed by atoms with Crippen LogP contribution < -0.4 is 4.90 Å². The lowest BCUT2D eigenvalue weighted by molar-refractivity contribution is 0.463. The van der Waals surface area contributed by atoms with E-state index in [-0.39, 0.29) is 17.1 Å². The summed E-state index contributed by atoms with van der Waals surface area (Å²) in [5, 5.41) is -0.977. The lowest BCUT2D eigenvalue weighted by atomic mass is 10.1. The van der Waals surface area contributed by atoms with Crippen molar-refractivity contribution >= 4 is 44.9 Å². The minimum absolute atomic E-state index is 0.142. The number of fused-ring (bicyclic) bond motifs is 2. The lowest BCUT2D eigenvalue weighted by Gasteiger charge is -2.33. The Morgan fingerprint density at radius 1 is 1.00 bits per heavy atom. The summed E-state index contributed by atoms with van der Waals surface area (Å²) < 4.78 is 34.0. The van der Waals surface area contributed by atoms with Crippen LogP contribution in [0.5, 0.6) is 0 Å². The highest BCUT2D eigenvalue weighted by Crippen LogP contribution is 2.48. The molecule has 0 saturated heterocycles. The number of para-hydroxylation sites is 2. The fraction of sp³-hybridized carbons (Fsp3) is 0.150. The summed E-state index contributed by atoms with van der Waals surface area (Å²) in [6.07, 6.45) is 1.62. The highest BCUT2D eigenvalue weighted by atomic mass is 35.5. The topological polar surface area (TPSA) is 70.5 Å². The van der Waals surface area contributed by atoms with Gasteiger partial charge in [-0.05, 0) is 42.8 Å². The molecule has 0 spiro atoms. The van der Waals surface area contributed by atoms with Gasteiger partial charge < -0.3 is 4.90 Å². The quantitative estimate of drug-likeness (QED) is 0.547. The first-order valence-electron chi connectivity index (χ1n) is 8.65. The minimum atomic E-state index is -4.37. The van der Waals surface area contributed by atoms with Crippen molar-refractivity contribution in [1.82, 2.24) is 4.98 Å². The molecule has 5 nitrogen and oxygen atoms in total. The van der Waals surface area contributed by atoms with E-state index in [0.717, 1.165) is 21.2 Å². The molecule has 1 N–H and O–H groups in total. The van der Waals surface area contributed by atoms with Gasteiger partial charge in [0.2, 0.25) is 0 Å². The first-order valence-corrected chi connectivity index (χ1v) is 11.3. The number of halogens is 1. The van der Waals surface area contributed by atoms with Gasteiger partial charge in [-0.25, -0.2) is 0 Å². The summed E-state index contributed by atoms with van der Waals surface area (Å²) in [5.74, 6) is 0. The van der Waals surface area contributed by atoms with Crippen molar-refractivity contribution in [2.75, 3.05) is 11.4 Å². The fourth-order valence-electron chi connectivity index (χ4n) is 3.33. The molecule has 1 unspecified atom stereocenters. The first kappa shape index (κ1) is 19.3. The van der Waals surface area contributed by atoms with Crippen LogP contribution in [0.2, 0.25) is 5.02 Å². The Labute approximate surface area is 173 Å². The van der Waals surface area contributed by atoms with Crippen molar-refractivity contribution in [1.29, 1.82) is 0 Å². The Morgan fingerprint density at radius 2 is 1.61 bits per heavy atom. The van der Waals surface area contributed by atoms with E-state index in [4.69, 9.17) is 11.6 Å². The molecule has 0 amide bonds. The van der Waals surface area contributed by atoms with E-state index in [2.05, 4.69) is 9.88 Å². The summed E-state index contributed by atoms with van der Waals surface area (Å²) in [4.78, 5) is 8.38. The maximum Gasteiger partial charge on any atom is 0.273 e. The average molecular weight is 433 g/mol. The van der Waals surface area contributed by atoms with Crippen molar-refractivity contribution in [2.24, 2.45) is 0 Å². The molecule has 2 heterocycles. The number of nitrogens with zero attached hydrogens (tertiary/aromatic N) is 2. The molecule has 1 aliphatic heterocycles. The second-order valence-corrected chi connectivity index (χ2v) is 9.44. The largest absolute Gasteiger partial charge is 0.340 e. The van der Waals surface area contributed by atoms with E-state index < -0.39 is 15.4 Å².